The Bertz CT molecular complexity index is 344. The number of aliphatic hydroxyl groups is 1. The molecule has 0 aliphatic heterocycles. The van der Waals surface area contributed by atoms with Crippen LogP contribution in [0.25, 0.3) is 0 Å². The van der Waals surface area contributed by atoms with E-state index in [1.807, 2.05) is 19.9 Å². The number of rotatable bonds is 7. The van der Waals surface area contributed by atoms with Gasteiger partial charge in [-0.15, -0.1) is 0 Å². The van der Waals surface area contributed by atoms with Gasteiger partial charge in [-0.05, 0) is 63.7 Å². The molecule has 0 radical (unpaired) electrons. The number of aliphatic hydroxyl groups excluding tert-OH is 1. The van der Waals surface area contributed by atoms with Crippen molar-refractivity contribution in [1.82, 2.24) is 0 Å². The molecule has 0 heterocycles. The van der Waals surface area contributed by atoms with E-state index in [0.717, 1.165) is 12.3 Å². The summed E-state index contributed by atoms with van der Waals surface area (Å²) in [5, 5.41) is 8.80. The number of hydrogen-bond donors (Lipinski definition) is 2. The second-order valence-corrected chi connectivity index (χ2v) is 6.89. The third-order valence-corrected chi connectivity index (χ3v) is 4.96. The van der Waals surface area contributed by atoms with E-state index in [0.29, 0.717) is 11.8 Å². The number of amides is 1. The highest BCUT2D eigenvalue weighted by Crippen LogP contribution is 2.35. The van der Waals surface area contributed by atoms with Crippen molar-refractivity contribution in [3.8, 4) is 0 Å². The molecule has 0 aromatic carbocycles. The Morgan fingerprint density at radius 1 is 1.38 bits per heavy atom. The van der Waals surface area contributed by atoms with E-state index in [1.54, 1.807) is 0 Å². The number of carbonyl (C=O) groups is 1. The van der Waals surface area contributed by atoms with Gasteiger partial charge >= 0.3 is 6.09 Å². The van der Waals surface area contributed by atoms with E-state index in [-0.39, 0.29) is 6.61 Å². The summed E-state index contributed by atoms with van der Waals surface area (Å²) in [6.45, 7) is 6.13. The van der Waals surface area contributed by atoms with Gasteiger partial charge in [0.05, 0.1) is 6.61 Å². The molecule has 0 aromatic rings. The number of ether oxygens (including phenoxy) is 1. The minimum atomic E-state index is -0.692. The van der Waals surface area contributed by atoms with Crippen molar-refractivity contribution in [2.45, 2.75) is 64.9 Å². The maximum absolute atomic E-state index is 10.9. The average molecular weight is 297 g/mol. The zero-order chi connectivity index (χ0) is 15.9. The molecule has 0 saturated heterocycles. The highest BCUT2D eigenvalue weighted by atomic mass is 16.6. The molecule has 1 atom stereocenters. The SMILES string of the molecule is CC(CCC1CCC(/C=C/CO)CC1)C(C)(C)OC(N)=O. The summed E-state index contributed by atoms with van der Waals surface area (Å²) in [5.41, 5.74) is 4.63. The van der Waals surface area contributed by atoms with E-state index < -0.39 is 11.7 Å². The summed E-state index contributed by atoms with van der Waals surface area (Å²) < 4.78 is 5.21. The number of carbonyl (C=O) groups excluding carboxylic acids is 1. The van der Waals surface area contributed by atoms with Gasteiger partial charge in [-0.1, -0.05) is 25.5 Å². The zero-order valence-corrected chi connectivity index (χ0v) is 13.7. The van der Waals surface area contributed by atoms with Crippen molar-refractivity contribution in [3.63, 3.8) is 0 Å². The lowest BCUT2D eigenvalue weighted by atomic mass is 9.77. The van der Waals surface area contributed by atoms with Crippen LogP contribution < -0.4 is 5.73 Å². The Morgan fingerprint density at radius 3 is 2.52 bits per heavy atom. The third-order valence-electron chi connectivity index (χ3n) is 4.96. The first kappa shape index (κ1) is 18.0. The predicted octanol–water partition coefficient (Wildman–Crippen LogP) is 3.63. The molecule has 1 aliphatic rings. The van der Waals surface area contributed by atoms with Gasteiger partial charge in [-0.3, -0.25) is 0 Å². The third kappa shape index (κ3) is 6.51. The van der Waals surface area contributed by atoms with Gasteiger partial charge in [0.2, 0.25) is 0 Å². The first-order valence-corrected chi connectivity index (χ1v) is 8.11. The van der Waals surface area contributed by atoms with Crippen LogP contribution in [0.2, 0.25) is 0 Å². The van der Waals surface area contributed by atoms with Crippen molar-refractivity contribution in [2.24, 2.45) is 23.5 Å². The summed E-state index contributed by atoms with van der Waals surface area (Å²) in [6.07, 6.45) is 10.5. The Morgan fingerprint density at radius 2 is 2.00 bits per heavy atom. The smallest absolute Gasteiger partial charge is 0.405 e. The fourth-order valence-electron chi connectivity index (χ4n) is 3.12. The van der Waals surface area contributed by atoms with Crippen LogP contribution in [-0.2, 0) is 4.74 Å². The lowest BCUT2D eigenvalue weighted by Gasteiger charge is -2.33. The van der Waals surface area contributed by atoms with Gasteiger partial charge in [-0.2, -0.15) is 0 Å². The van der Waals surface area contributed by atoms with Crippen LogP contribution in [0.5, 0.6) is 0 Å². The average Bonchev–Trinajstić information content (AvgIpc) is 2.42. The Labute approximate surface area is 128 Å². The van der Waals surface area contributed by atoms with Gasteiger partial charge in [0.15, 0.2) is 0 Å². The maximum atomic E-state index is 10.9. The maximum Gasteiger partial charge on any atom is 0.405 e. The molecule has 1 rings (SSSR count). The Hall–Kier alpha value is -1.03. The number of nitrogens with two attached hydrogens (primary N) is 1. The molecule has 4 heteroatoms. The quantitative estimate of drug-likeness (QED) is 0.705. The van der Waals surface area contributed by atoms with Crippen molar-refractivity contribution in [1.29, 1.82) is 0 Å². The van der Waals surface area contributed by atoms with Gasteiger partial charge < -0.3 is 15.6 Å². The fourth-order valence-corrected chi connectivity index (χ4v) is 3.12. The highest BCUT2D eigenvalue weighted by molar-refractivity contribution is 5.65. The molecule has 21 heavy (non-hydrogen) atoms. The second-order valence-electron chi connectivity index (χ2n) is 6.89. The van der Waals surface area contributed by atoms with E-state index >= 15 is 0 Å². The van der Waals surface area contributed by atoms with Crippen LogP contribution in [-0.4, -0.2) is 23.4 Å². The number of primary amides is 1. The molecule has 0 aromatic heterocycles. The minimum absolute atomic E-state index is 0.145. The monoisotopic (exact) mass is 297 g/mol. The first-order chi connectivity index (χ1) is 9.85. The van der Waals surface area contributed by atoms with Crippen LogP contribution in [0.4, 0.5) is 4.79 Å². The van der Waals surface area contributed by atoms with E-state index in [1.165, 1.54) is 32.1 Å². The topological polar surface area (TPSA) is 72.6 Å². The molecule has 3 N–H and O–H groups in total. The van der Waals surface area contributed by atoms with Gasteiger partial charge in [0.25, 0.3) is 0 Å². The summed E-state index contributed by atoms with van der Waals surface area (Å²) in [5.74, 6) is 1.72. The van der Waals surface area contributed by atoms with Crippen molar-refractivity contribution in [2.75, 3.05) is 6.61 Å². The fraction of sp³-hybridized carbons (Fsp3) is 0.824. The standard InChI is InChI=1S/C17H31NO3/c1-13(17(2,3)21-16(18)20)6-7-15-10-8-14(9-11-15)5-4-12-19/h4-5,13-15,19H,6-12H2,1-3H3,(H2,18,20)/b5-4+. The van der Waals surface area contributed by atoms with Crippen molar-refractivity contribution >= 4 is 6.09 Å². The summed E-state index contributed by atoms with van der Waals surface area (Å²) >= 11 is 0. The van der Waals surface area contributed by atoms with E-state index in [2.05, 4.69) is 13.0 Å². The number of hydrogen-bond acceptors (Lipinski definition) is 3. The lowest BCUT2D eigenvalue weighted by Crippen LogP contribution is -2.37. The summed E-state index contributed by atoms with van der Waals surface area (Å²) in [4.78, 5) is 10.9. The van der Waals surface area contributed by atoms with Crippen LogP contribution in [0, 0.1) is 17.8 Å². The Balaban J connectivity index is 2.30. The van der Waals surface area contributed by atoms with Crippen LogP contribution in [0.1, 0.15) is 59.3 Å². The highest BCUT2D eigenvalue weighted by Gasteiger charge is 2.30. The molecular formula is C17H31NO3. The molecule has 122 valence electrons. The lowest BCUT2D eigenvalue weighted by molar-refractivity contribution is -0.000476. The summed E-state index contributed by atoms with van der Waals surface area (Å²) in [7, 11) is 0. The van der Waals surface area contributed by atoms with Crippen LogP contribution in [0.15, 0.2) is 12.2 Å². The van der Waals surface area contributed by atoms with E-state index in [9.17, 15) is 4.79 Å². The van der Waals surface area contributed by atoms with Gasteiger partial charge in [-0.25, -0.2) is 4.79 Å². The molecular weight excluding hydrogens is 266 g/mol. The van der Waals surface area contributed by atoms with Gasteiger partial charge in [0.1, 0.15) is 5.60 Å². The second kappa shape index (κ2) is 8.42. The molecule has 1 saturated carbocycles. The zero-order valence-electron chi connectivity index (χ0n) is 13.7. The van der Waals surface area contributed by atoms with Crippen LogP contribution in [0.3, 0.4) is 0 Å². The van der Waals surface area contributed by atoms with Crippen molar-refractivity contribution in [3.05, 3.63) is 12.2 Å². The molecule has 0 spiro atoms. The molecule has 0 bridgehead atoms. The van der Waals surface area contributed by atoms with Crippen LogP contribution >= 0.6 is 0 Å². The molecule has 4 nitrogen and oxygen atoms in total. The number of allylic oxidation sites excluding steroid dienone is 1. The normalized spacial score (nSPS) is 25.0. The van der Waals surface area contributed by atoms with Crippen molar-refractivity contribution < 1.29 is 14.6 Å². The molecule has 1 aliphatic carbocycles. The minimum Gasteiger partial charge on any atom is -0.443 e. The van der Waals surface area contributed by atoms with Gasteiger partial charge in [0, 0.05) is 0 Å². The molecule has 1 amide bonds. The summed E-state index contributed by atoms with van der Waals surface area (Å²) in [6, 6.07) is 0. The largest absolute Gasteiger partial charge is 0.443 e. The molecule has 1 unspecified atom stereocenters. The molecule has 1 fully saturated rings. The predicted molar refractivity (Wildman–Crippen MR) is 84.8 cm³/mol. The van der Waals surface area contributed by atoms with E-state index in [4.69, 9.17) is 15.6 Å². The first-order valence-electron chi connectivity index (χ1n) is 8.11. The Kier molecular flexibility index (Phi) is 7.23.